The van der Waals surface area contributed by atoms with Crippen molar-refractivity contribution in [1.82, 2.24) is 4.98 Å². The number of hydrogen-bond acceptors (Lipinski definition) is 6. The van der Waals surface area contributed by atoms with Gasteiger partial charge in [-0.15, -0.1) is 11.3 Å². The van der Waals surface area contributed by atoms with Gasteiger partial charge in [0.15, 0.2) is 0 Å². The van der Waals surface area contributed by atoms with Crippen LogP contribution in [-0.4, -0.2) is 18.7 Å². The molecule has 0 bridgehead atoms. The molecule has 0 amide bonds. The Morgan fingerprint density at radius 2 is 1.96 bits per heavy atom. The maximum atomic E-state index is 13.1. The highest BCUT2D eigenvalue weighted by Crippen LogP contribution is 2.38. The summed E-state index contributed by atoms with van der Waals surface area (Å²) >= 11 is 2.88. The van der Waals surface area contributed by atoms with Crippen LogP contribution in [0.4, 0.5) is 0 Å². The van der Waals surface area contributed by atoms with Crippen LogP contribution in [-0.2, 0) is 9.84 Å². The molecular formula is C18H19NO3S3. The molecule has 0 saturated carbocycles. The quantitative estimate of drug-likeness (QED) is 0.522. The number of aromatic nitrogens is 1. The first-order chi connectivity index (χ1) is 11.9. The summed E-state index contributed by atoms with van der Waals surface area (Å²) < 4.78 is 32.0. The number of nitrogens with zero attached hydrogens (tertiary/aromatic N) is 1. The van der Waals surface area contributed by atoms with Gasteiger partial charge in [0.2, 0.25) is 25.8 Å². The second-order valence-corrected chi connectivity index (χ2v) is 9.97. The number of oxazole rings is 1. The van der Waals surface area contributed by atoms with Crippen LogP contribution >= 0.6 is 23.1 Å². The molecule has 2 heterocycles. The Labute approximate surface area is 156 Å². The van der Waals surface area contributed by atoms with E-state index in [0.717, 1.165) is 16.9 Å². The van der Waals surface area contributed by atoms with Crippen molar-refractivity contribution in [3.63, 3.8) is 0 Å². The maximum Gasteiger partial charge on any atom is 0.238 e. The smallest absolute Gasteiger partial charge is 0.238 e. The summed E-state index contributed by atoms with van der Waals surface area (Å²) in [5.41, 5.74) is 1.01. The highest BCUT2D eigenvalue weighted by atomic mass is 32.2. The van der Waals surface area contributed by atoms with E-state index in [0.29, 0.717) is 11.0 Å². The Morgan fingerprint density at radius 3 is 2.56 bits per heavy atom. The number of rotatable bonds is 6. The average Bonchev–Trinajstić information content (AvgIpc) is 3.24. The Morgan fingerprint density at radius 1 is 1.24 bits per heavy atom. The lowest BCUT2D eigenvalue weighted by Crippen LogP contribution is -2.05. The van der Waals surface area contributed by atoms with Gasteiger partial charge in [-0.3, -0.25) is 0 Å². The third-order valence-corrected chi connectivity index (χ3v) is 7.66. The summed E-state index contributed by atoms with van der Waals surface area (Å²) in [5, 5.41) is 2.51. The van der Waals surface area contributed by atoms with Crippen molar-refractivity contribution in [2.75, 3.05) is 0 Å². The van der Waals surface area contributed by atoms with E-state index in [4.69, 9.17) is 4.42 Å². The molecule has 3 rings (SSSR count). The SMILES string of the molecule is CCC(C)Sc1oc(-c2cccs2)nc1S(=O)(=O)c1ccc(C)cc1. The summed E-state index contributed by atoms with van der Waals surface area (Å²) in [5.74, 6) is 0.353. The van der Waals surface area contributed by atoms with Crippen molar-refractivity contribution in [2.24, 2.45) is 0 Å². The zero-order valence-electron chi connectivity index (χ0n) is 14.2. The Balaban J connectivity index is 2.10. The van der Waals surface area contributed by atoms with Crippen LogP contribution in [0, 0.1) is 6.92 Å². The molecule has 1 aromatic carbocycles. The van der Waals surface area contributed by atoms with E-state index in [1.165, 1.54) is 23.1 Å². The van der Waals surface area contributed by atoms with Gasteiger partial charge in [0.1, 0.15) is 0 Å². The van der Waals surface area contributed by atoms with E-state index in [1.807, 2.05) is 31.4 Å². The van der Waals surface area contributed by atoms with Gasteiger partial charge in [-0.1, -0.05) is 49.4 Å². The van der Waals surface area contributed by atoms with Crippen LogP contribution in [0.25, 0.3) is 10.8 Å². The predicted octanol–water partition coefficient (Wildman–Crippen LogP) is 5.43. The molecular weight excluding hydrogens is 374 g/mol. The lowest BCUT2D eigenvalue weighted by atomic mass is 10.2. The normalized spacial score (nSPS) is 13.1. The molecule has 0 saturated heterocycles. The van der Waals surface area contributed by atoms with Gasteiger partial charge in [0, 0.05) is 5.25 Å². The minimum Gasteiger partial charge on any atom is -0.428 e. The lowest BCUT2D eigenvalue weighted by molar-refractivity contribution is 0.470. The van der Waals surface area contributed by atoms with E-state index in [1.54, 1.807) is 24.3 Å². The molecule has 0 aliphatic rings. The number of benzene rings is 1. The van der Waals surface area contributed by atoms with Gasteiger partial charge >= 0.3 is 0 Å². The highest BCUT2D eigenvalue weighted by Gasteiger charge is 2.29. The fourth-order valence-corrected chi connectivity index (χ4v) is 5.25. The second kappa shape index (κ2) is 7.35. The van der Waals surface area contributed by atoms with E-state index in [9.17, 15) is 8.42 Å². The van der Waals surface area contributed by atoms with Gasteiger partial charge in [-0.2, -0.15) is 4.98 Å². The van der Waals surface area contributed by atoms with Gasteiger partial charge in [-0.05, 0) is 36.9 Å². The van der Waals surface area contributed by atoms with Crippen LogP contribution in [0.3, 0.4) is 0 Å². The number of hydrogen-bond donors (Lipinski definition) is 0. The highest BCUT2D eigenvalue weighted by molar-refractivity contribution is 8.00. The molecule has 2 aromatic heterocycles. The first-order valence-electron chi connectivity index (χ1n) is 7.95. The van der Waals surface area contributed by atoms with Gasteiger partial charge in [-0.25, -0.2) is 8.42 Å². The molecule has 0 aliphatic heterocycles. The Kier molecular flexibility index (Phi) is 5.36. The summed E-state index contributed by atoms with van der Waals surface area (Å²) in [6.07, 6.45) is 0.906. The molecule has 0 radical (unpaired) electrons. The van der Waals surface area contributed by atoms with Gasteiger partial charge in [0.05, 0.1) is 9.77 Å². The van der Waals surface area contributed by atoms with Crippen LogP contribution < -0.4 is 0 Å². The summed E-state index contributed by atoms with van der Waals surface area (Å²) in [7, 11) is -3.73. The van der Waals surface area contributed by atoms with E-state index in [2.05, 4.69) is 11.9 Å². The molecule has 7 heteroatoms. The third-order valence-electron chi connectivity index (χ3n) is 3.77. The van der Waals surface area contributed by atoms with E-state index < -0.39 is 9.84 Å². The summed E-state index contributed by atoms with van der Waals surface area (Å²) in [6.45, 7) is 6.02. The maximum absolute atomic E-state index is 13.1. The van der Waals surface area contributed by atoms with Crippen LogP contribution in [0.5, 0.6) is 0 Å². The van der Waals surface area contributed by atoms with Crippen molar-refractivity contribution in [1.29, 1.82) is 0 Å². The molecule has 0 spiro atoms. The molecule has 1 unspecified atom stereocenters. The molecule has 4 nitrogen and oxygen atoms in total. The molecule has 25 heavy (non-hydrogen) atoms. The first-order valence-corrected chi connectivity index (χ1v) is 11.2. The van der Waals surface area contributed by atoms with Crippen molar-refractivity contribution in [3.8, 4) is 10.8 Å². The number of sulfone groups is 1. The van der Waals surface area contributed by atoms with Crippen molar-refractivity contribution >= 4 is 32.9 Å². The minimum atomic E-state index is -3.73. The summed E-state index contributed by atoms with van der Waals surface area (Å²) in [4.78, 5) is 5.39. The Hall–Kier alpha value is -1.57. The van der Waals surface area contributed by atoms with Crippen molar-refractivity contribution in [2.45, 2.75) is 47.5 Å². The van der Waals surface area contributed by atoms with Crippen LogP contribution in [0.1, 0.15) is 25.8 Å². The van der Waals surface area contributed by atoms with E-state index >= 15 is 0 Å². The minimum absolute atomic E-state index is 0.00468. The Bertz CT molecular complexity index is 942. The third kappa shape index (κ3) is 3.83. The number of thioether (sulfide) groups is 1. The van der Waals surface area contributed by atoms with Crippen molar-refractivity contribution in [3.05, 3.63) is 47.3 Å². The standard InChI is InChI=1S/C18H19NO3S3/c1-4-13(3)24-18-17(19-16(22-18)15-6-5-11-23-15)25(20,21)14-9-7-12(2)8-10-14/h5-11,13H,4H2,1-3H3. The van der Waals surface area contributed by atoms with E-state index in [-0.39, 0.29) is 15.2 Å². The largest absolute Gasteiger partial charge is 0.428 e. The molecule has 132 valence electrons. The number of thiophene rings is 1. The zero-order chi connectivity index (χ0) is 18.0. The number of aryl methyl sites for hydroxylation is 1. The first kappa shape index (κ1) is 18.2. The predicted molar refractivity (Wildman–Crippen MR) is 102 cm³/mol. The van der Waals surface area contributed by atoms with Gasteiger partial charge in [0.25, 0.3) is 0 Å². The van der Waals surface area contributed by atoms with Crippen LogP contribution in [0.15, 0.2) is 61.2 Å². The zero-order valence-corrected chi connectivity index (χ0v) is 16.7. The fourth-order valence-electron chi connectivity index (χ4n) is 2.14. The molecule has 1 atom stereocenters. The summed E-state index contributed by atoms with van der Waals surface area (Å²) in [6, 6.07) is 10.6. The monoisotopic (exact) mass is 393 g/mol. The molecule has 3 aromatic rings. The fraction of sp³-hybridized carbons (Fsp3) is 0.278. The lowest BCUT2D eigenvalue weighted by Gasteiger charge is -2.07. The second-order valence-electron chi connectivity index (χ2n) is 5.74. The van der Waals surface area contributed by atoms with Gasteiger partial charge < -0.3 is 4.42 Å². The molecule has 0 fully saturated rings. The molecule has 0 N–H and O–H groups in total. The topological polar surface area (TPSA) is 60.2 Å². The van der Waals surface area contributed by atoms with Crippen molar-refractivity contribution < 1.29 is 12.8 Å². The van der Waals surface area contributed by atoms with Crippen LogP contribution in [0.2, 0.25) is 0 Å². The average molecular weight is 394 g/mol. The molecule has 0 aliphatic carbocycles.